The lowest BCUT2D eigenvalue weighted by Gasteiger charge is -2.42. The van der Waals surface area contributed by atoms with Gasteiger partial charge in [0.15, 0.2) is 11.6 Å². The molecule has 1 saturated heterocycles. The molecule has 8 nitrogen and oxygen atoms in total. The molecule has 6 rings (SSSR count). The summed E-state index contributed by atoms with van der Waals surface area (Å²) in [6.45, 7) is 3.82. The first-order valence-electron chi connectivity index (χ1n) is 12.0. The van der Waals surface area contributed by atoms with Gasteiger partial charge in [0.1, 0.15) is 10.1 Å². The minimum absolute atomic E-state index is 0.106. The number of hydrogen-bond acceptors (Lipinski definition) is 9. The summed E-state index contributed by atoms with van der Waals surface area (Å²) in [6, 6.07) is 11.1. The van der Waals surface area contributed by atoms with Gasteiger partial charge in [-0.3, -0.25) is 0 Å². The number of aryl methyl sites for hydroxylation is 1. The Balaban J connectivity index is 1.16. The predicted octanol–water partition coefficient (Wildman–Crippen LogP) is 3.73. The summed E-state index contributed by atoms with van der Waals surface area (Å²) < 4.78 is 0. The van der Waals surface area contributed by atoms with Gasteiger partial charge in [-0.05, 0) is 73.4 Å². The van der Waals surface area contributed by atoms with Crippen LogP contribution in [-0.2, 0) is 6.42 Å². The lowest BCUT2D eigenvalue weighted by atomic mass is 9.73. The summed E-state index contributed by atoms with van der Waals surface area (Å²) in [6.07, 6.45) is 7.26. The molecule has 0 radical (unpaired) electrons. The van der Waals surface area contributed by atoms with Crippen LogP contribution in [0.5, 0.6) is 0 Å². The Labute approximate surface area is 204 Å². The maximum absolute atomic E-state index is 6.74. The fourth-order valence-electron chi connectivity index (χ4n) is 5.32. The van der Waals surface area contributed by atoms with Crippen molar-refractivity contribution in [2.24, 2.45) is 11.1 Å². The van der Waals surface area contributed by atoms with Crippen LogP contribution in [0.15, 0.2) is 46.6 Å². The van der Waals surface area contributed by atoms with Gasteiger partial charge in [0.2, 0.25) is 5.95 Å². The number of rotatable bonds is 5. The summed E-state index contributed by atoms with van der Waals surface area (Å²) in [5.41, 5.74) is 16.9. The maximum Gasteiger partial charge on any atom is 0.223 e. The molecule has 0 amide bonds. The quantitative estimate of drug-likeness (QED) is 0.475. The molecule has 9 heteroatoms. The van der Waals surface area contributed by atoms with Crippen molar-refractivity contribution >= 4 is 29.3 Å². The monoisotopic (exact) mass is 474 g/mol. The Hall–Kier alpha value is -2.91. The Kier molecular flexibility index (Phi) is 5.33. The van der Waals surface area contributed by atoms with Gasteiger partial charge in [-0.25, -0.2) is 19.9 Å². The number of fused-ring (bicyclic) bond motifs is 1. The SMILES string of the molecule is Cc1nc(Sc2ccnc(NC3CC3)n2)c(N)nc1N1CCC2(CC1)Cc1ccccc1[C@H]2N. The molecule has 2 aromatic heterocycles. The molecule has 3 aromatic rings. The van der Waals surface area contributed by atoms with Crippen molar-refractivity contribution in [3.63, 3.8) is 0 Å². The number of piperidine rings is 1. The number of nitrogens with zero attached hydrogens (tertiary/aromatic N) is 5. The van der Waals surface area contributed by atoms with E-state index in [1.54, 1.807) is 6.20 Å². The van der Waals surface area contributed by atoms with E-state index in [4.69, 9.17) is 21.4 Å². The van der Waals surface area contributed by atoms with Crippen molar-refractivity contribution in [1.82, 2.24) is 19.9 Å². The third-order valence-corrected chi connectivity index (χ3v) is 8.36. The fourth-order valence-corrected chi connectivity index (χ4v) is 6.12. The van der Waals surface area contributed by atoms with Crippen LogP contribution in [0.1, 0.15) is 48.5 Å². The van der Waals surface area contributed by atoms with E-state index in [1.807, 2.05) is 13.0 Å². The van der Waals surface area contributed by atoms with E-state index in [0.717, 1.165) is 48.9 Å². The normalized spacial score (nSPS) is 21.0. The number of anilines is 3. The molecule has 0 bridgehead atoms. The van der Waals surface area contributed by atoms with E-state index < -0.39 is 0 Å². The van der Waals surface area contributed by atoms with Crippen LogP contribution in [0.3, 0.4) is 0 Å². The largest absolute Gasteiger partial charge is 0.381 e. The van der Waals surface area contributed by atoms with Gasteiger partial charge in [-0.15, -0.1) is 0 Å². The third kappa shape index (κ3) is 3.96. The molecule has 2 fully saturated rings. The fraction of sp³-hybridized carbons (Fsp3) is 0.440. The van der Waals surface area contributed by atoms with Crippen LogP contribution in [-0.4, -0.2) is 39.1 Å². The molecule has 1 aliphatic heterocycles. The van der Waals surface area contributed by atoms with Gasteiger partial charge in [-0.2, -0.15) is 0 Å². The highest BCUT2D eigenvalue weighted by molar-refractivity contribution is 7.99. The van der Waals surface area contributed by atoms with Crippen LogP contribution in [0.4, 0.5) is 17.6 Å². The first kappa shape index (κ1) is 21.6. The molecule has 2 aliphatic carbocycles. The van der Waals surface area contributed by atoms with Crippen molar-refractivity contribution in [1.29, 1.82) is 0 Å². The molecule has 1 aromatic carbocycles. The zero-order valence-corrected chi connectivity index (χ0v) is 20.2. The van der Waals surface area contributed by atoms with E-state index in [2.05, 4.69) is 44.5 Å². The van der Waals surface area contributed by atoms with E-state index in [-0.39, 0.29) is 11.5 Å². The second-order valence-corrected chi connectivity index (χ2v) is 10.8. The zero-order chi connectivity index (χ0) is 23.3. The topological polar surface area (TPSA) is 119 Å². The van der Waals surface area contributed by atoms with Crippen molar-refractivity contribution in [2.45, 2.75) is 61.2 Å². The smallest absolute Gasteiger partial charge is 0.223 e. The van der Waals surface area contributed by atoms with Crippen LogP contribution in [0.2, 0.25) is 0 Å². The Morgan fingerprint density at radius 1 is 1.09 bits per heavy atom. The molecule has 3 heterocycles. The third-order valence-electron chi connectivity index (χ3n) is 7.43. The van der Waals surface area contributed by atoms with E-state index in [9.17, 15) is 0 Å². The average molecular weight is 475 g/mol. The molecule has 176 valence electrons. The predicted molar refractivity (Wildman–Crippen MR) is 135 cm³/mol. The minimum atomic E-state index is 0.106. The maximum atomic E-state index is 6.74. The van der Waals surface area contributed by atoms with E-state index in [1.165, 1.54) is 35.7 Å². The van der Waals surface area contributed by atoms with Crippen molar-refractivity contribution in [3.8, 4) is 0 Å². The standard InChI is InChI=1S/C25H30N8S/c1-15-22(33-12-9-25(10-13-33)14-16-4-2-3-5-18(16)20(25)26)32-21(27)23(29-15)34-19-8-11-28-24(31-19)30-17-6-7-17/h2-5,8,11,17,20H,6-7,9-10,12-14,26H2,1H3,(H2,27,32)(H,28,30,31)/t20-/m1/s1. The number of nitrogens with one attached hydrogen (secondary N) is 1. The molecule has 0 unspecified atom stereocenters. The minimum Gasteiger partial charge on any atom is -0.381 e. The Morgan fingerprint density at radius 2 is 1.88 bits per heavy atom. The molecule has 3 aliphatic rings. The lowest BCUT2D eigenvalue weighted by molar-refractivity contribution is 0.187. The summed E-state index contributed by atoms with van der Waals surface area (Å²) in [5.74, 6) is 1.97. The molecule has 1 saturated carbocycles. The van der Waals surface area contributed by atoms with Crippen LogP contribution < -0.4 is 21.7 Å². The number of hydrogen-bond donors (Lipinski definition) is 3. The number of aromatic nitrogens is 4. The Morgan fingerprint density at radius 3 is 2.65 bits per heavy atom. The molecular formula is C25H30N8S. The second kappa shape index (κ2) is 8.39. The first-order valence-corrected chi connectivity index (χ1v) is 12.8. The van der Waals surface area contributed by atoms with Gasteiger partial charge in [-0.1, -0.05) is 24.3 Å². The van der Waals surface area contributed by atoms with Gasteiger partial charge >= 0.3 is 0 Å². The summed E-state index contributed by atoms with van der Waals surface area (Å²) in [4.78, 5) is 20.8. The van der Waals surface area contributed by atoms with Crippen LogP contribution in [0.25, 0.3) is 0 Å². The highest BCUT2D eigenvalue weighted by Crippen LogP contribution is 2.51. The lowest BCUT2D eigenvalue weighted by Crippen LogP contribution is -2.45. The van der Waals surface area contributed by atoms with Gasteiger partial charge in [0, 0.05) is 31.4 Å². The molecular weight excluding hydrogens is 444 g/mol. The number of benzene rings is 1. The van der Waals surface area contributed by atoms with E-state index in [0.29, 0.717) is 22.8 Å². The molecule has 34 heavy (non-hydrogen) atoms. The van der Waals surface area contributed by atoms with Gasteiger partial charge in [0.25, 0.3) is 0 Å². The van der Waals surface area contributed by atoms with Crippen LogP contribution in [0, 0.1) is 12.3 Å². The zero-order valence-electron chi connectivity index (χ0n) is 19.4. The Bertz CT molecular complexity index is 1220. The average Bonchev–Trinajstić information content (AvgIpc) is 3.61. The van der Waals surface area contributed by atoms with Crippen molar-refractivity contribution < 1.29 is 0 Å². The molecule has 1 spiro atoms. The van der Waals surface area contributed by atoms with Crippen molar-refractivity contribution in [2.75, 3.05) is 29.0 Å². The number of nitrogens with two attached hydrogens (primary N) is 2. The first-order chi connectivity index (χ1) is 16.5. The highest BCUT2D eigenvalue weighted by atomic mass is 32.2. The molecule has 5 N–H and O–H groups in total. The van der Waals surface area contributed by atoms with Crippen LogP contribution >= 0.6 is 11.8 Å². The second-order valence-electron chi connectivity index (χ2n) is 9.76. The molecule has 1 atom stereocenters. The highest BCUT2D eigenvalue weighted by Gasteiger charge is 2.46. The summed E-state index contributed by atoms with van der Waals surface area (Å²) >= 11 is 1.43. The summed E-state index contributed by atoms with van der Waals surface area (Å²) in [7, 11) is 0. The van der Waals surface area contributed by atoms with Gasteiger partial charge < -0.3 is 21.7 Å². The van der Waals surface area contributed by atoms with E-state index >= 15 is 0 Å². The summed E-state index contributed by atoms with van der Waals surface area (Å²) in [5, 5.41) is 4.82. The van der Waals surface area contributed by atoms with Crippen molar-refractivity contribution in [3.05, 3.63) is 53.3 Å². The van der Waals surface area contributed by atoms with Gasteiger partial charge in [0.05, 0.1) is 5.69 Å². The number of nitrogen functional groups attached to an aromatic ring is 1.